The van der Waals surface area contributed by atoms with Crippen LogP contribution in [-0.4, -0.2) is 10.7 Å². The normalized spacial score (nSPS) is 19.5. The van der Waals surface area contributed by atoms with E-state index in [1.807, 2.05) is 26.0 Å². The molecule has 0 saturated heterocycles. The average Bonchev–Trinajstić information content (AvgIpc) is 2.71. The highest BCUT2D eigenvalue weighted by Crippen LogP contribution is 2.49. The smallest absolute Gasteiger partial charge is 0.342 e. The summed E-state index contributed by atoms with van der Waals surface area (Å²) in [5, 5.41) is 15.5. The van der Waals surface area contributed by atoms with Gasteiger partial charge in [-0.15, -0.1) is 0 Å². The number of rotatable bonds is 2. The lowest BCUT2D eigenvalue weighted by molar-refractivity contribution is -0.384. The second-order valence-corrected chi connectivity index (χ2v) is 8.92. The van der Waals surface area contributed by atoms with Crippen LogP contribution in [0.4, 0.5) is 11.4 Å². The van der Waals surface area contributed by atoms with Crippen molar-refractivity contribution in [2.24, 2.45) is 5.41 Å². The molecule has 7 heteroatoms. The first-order valence-electron chi connectivity index (χ1n) is 10.1. The first kappa shape index (κ1) is 19.2. The van der Waals surface area contributed by atoms with Crippen LogP contribution in [-0.2, 0) is 4.79 Å². The van der Waals surface area contributed by atoms with Gasteiger partial charge in [-0.3, -0.25) is 14.9 Å². The number of anilines is 1. The summed E-state index contributed by atoms with van der Waals surface area (Å²) >= 11 is 0. The van der Waals surface area contributed by atoms with E-state index in [1.54, 1.807) is 24.3 Å². The first-order valence-corrected chi connectivity index (χ1v) is 10.1. The van der Waals surface area contributed by atoms with Gasteiger partial charge in [0, 0.05) is 41.1 Å². The summed E-state index contributed by atoms with van der Waals surface area (Å²) < 4.78 is 5.58. The van der Waals surface area contributed by atoms with E-state index >= 15 is 0 Å². The van der Waals surface area contributed by atoms with Gasteiger partial charge in [0.15, 0.2) is 5.78 Å². The van der Waals surface area contributed by atoms with Gasteiger partial charge in [0.2, 0.25) is 0 Å². The topological polar surface area (TPSA) is 102 Å². The van der Waals surface area contributed by atoms with Crippen LogP contribution in [0.25, 0.3) is 11.0 Å². The maximum atomic E-state index is 13.3. The van der Waals surface area contributed by atoms with E-state index in [9.17, 15) is 19.7 Å². The van der Waals surface area contributed by atoms with E-state index in [4.69, 9.17) is 4.42 Å². The fourth-order valence-corrected chi connectivity index (χ4v) is 4.79. The molecule has 0 bridgehead atoms. The molecule has 3 aromatic rings. The zero-order chi connectivity index (χ0) is 21.9. The number of nitrogens with zero attached hydrogens (tertiary/aromatic N) is 1. The molecule has 1 aromatic heterocycles. The Kier molecular flexibility index (Phi) is 4.12. The van der Waals surface area contributed by atoms with Crippen molar-refractivity contribution in [3.05, 3.63) is 91.5 Å². The second kappa shape index (κ2) is 6.63. The molecule has 7 nitrogen and oxygen atoms in total. The molecule has 2 aromatic carbocycles. The third-order valence-electron chi connectivity index (χ3n) is 6.04. The molecular formula is C24H20N2O5. The predicted octanol–water partition coefficient (Wildman–Crippen LogP) is 4.90. The van der Waals surface area contributed by atoms with E-state index in [0.29, 0.717) is 40.8 Å². The number of Topliss-reactive ketones (excluding diaryl/α,β-unsaturated/α-hetero) is 1. The number of nitro groups is 1. The van der Waals surface area contributed by atoms with Crippen LogP contribution in [0.1, 0.15) is 43.7 Å². The molecule has 2 heterocycles. The number of non-ortho nitro benzene ring substituents is 1. The number of carbonyl (C=O) groups is 1. The number of allylic oxidation sites excluding steroid dienone is 2. The summed E-state index contributed by atoms with van der Waals surface area (Å²) in [4.78, 5) is 37.3. The van der Waals surface area contributed by atoms with Crippen LogP contribution in [0.5, 0.6) is 0 Å². The molecule has 0 saturated carbocycles. The Morgan fingerprint density at radius 2 is 1.87 bits per heavy atom. The van der Waals surface area contributed by atoms with Gasteiger partial charge in [0.1, 0.15) is 5.58 Å². The van der Waals surface area contributed by atoms with Crippen molar-refractivity contribution >= 4 is 28.1 Å². The third-order valence-corrected chi connectivity index (χ3v) is 6.04. The van der Waals surface area contributed by atoms with Crippen molar-refractivity contribution in [1.82, 2.24) is 0 Å². The molecular weight excluding hydrogens is 396 g/mol. The van der Waals surface area contributed by atoms with Crippen molar-refractivity contribution in [2.45, 2.75) is 32.6 Å². The highest BCUT2D eigenvalue weighted by atomic mass is 16.6. The summed E-state index contributed by atoms with van der Waals surface area (Å²) in [6.07, 6.45) is 0.973. The molecule has 1 atom stereocenters. The molecule has 1 aliphatic heterocycles. The Labute approximate surface area is 177 Å². The Balaban J connectivity index is 1.84. The van der Waals surface area contributed by atoms with Crippen LogP contribution >= 0.6 is 0 Å². The van der Waals surface area contributed by atoms with Gasteiger partial charge in [-0.2, -0.15) is 0 Å². The standard InChI is InChI=1S/C24H20N2O5/c1-24(2)11-16-20(17(27)12-24)19(13-6-5-7-14(10-13)26(29)30)21-22(25-16)15-8-3-4-9-18(15)31-23(21)28/h3-10,19,25H,11-12H2,1-2H3. The van der Waals surface area contributed by atoms with Crippen LogP contribution in [0.3, 0.4) is 0 Å². The van der Waals surface area contributed by atoms with Gasteiger partial charge in [-0.25, -0.2) is 4.79 Å². The molecule has 0 fully saturated rings. The highest BCUT2D eigenvalue weighted by molar-refractivity contribution is 6.04. The van der Waals surface area contributed by atoms with E-state index in [1.165, 1.54) is 12.1 Å². The monoisotopic (exact) mass is 416 g/mol. The van der Waals surface area contributed by atoms with Gasteiger partial charge < -0.3 is 9.73 Å². The molecule has 1 N–H and O–H groups in total. The fourth-order valence-electron chi connectivity index (χ4n) is 4.79. The lowest BCUT2D eigenvalue weighted by Gasteiger charge is -2.39. The molecule has 0 amide bonds. The molecule has 2 aliphatic rings. The van der Waals surface area contributed by atoms with Crippen LogP contribution in [0.2, 0.25) is 0 Å². The number of nitro benzene ring substituents is 1. The number of benzene rings is 2. The minimum absolute atomic E-state index is 0.0616. The maximum absolute atomic E-state index is 13.3. The minimum Gasteiger partial charge on any atom is -0.422 e. The van der Waals surface area contributed by atoms with Gasteiger partial charge >= 0.3 is 5.63 Å². The maximum Gasteiger partial charge on any atom is 0.342 e. The van der Waals surface area contributed by atoms with Crippen molar-refractivity contribution in [1.29, 1.82) is 0 Å². The van der Waals surface area contributed by atoms with Gasteiger partial charge in [0.05, 0.1) is 16.2 Å². The summed E-state index contributed by atoms with van der Waals surface area (Å²) in [5.41, 5.74) is 2.27. The summed E-state index contributed by atoms with van der Waals surface area (Å²) in [6, 6.07) is 13.4. The lowest BCUT2D eigenvalue weighted by atomic mass is 9.69. The van der Waals surface area contributed by atoms with Crippen molar-refractivity contribution < 1.29 is 14.1 Å². The summed E-state index contributed by atoms with van der Waals surface area (Å²) in [6.45, 7) is 4.07. The fraction of sp³-hybridized carbons (Fsp3) is 0.250. The molecule has 5 rings (SSSR count). The number of carbonyl (C=O) groups excluding carboxylic acids is 1. The highest BCUT2D eigenvalue weighted by Gasteiger charge is 2.42. The van der Waals surface area contributed by atoms with Gasteiger partial charge in [0.25, 0.3) is 5.69 Å². The summed E-state index contributed by atoms with van der Waals surface area (Å²) in [7, 11) is 0. The van der Waals surface area contributed by atoms with E-state index in [-0.39, 0.29) is 16.9 Å². The van der Waals surface area contributed by atoms with Crippen LogP contribution in [0, 0.1) is 15.5 Å². The van der Waals surface area contributed by atoms with E-state index in [0.717, 1.165) is 11.1 Å². The molecule has 1 aliphatic carbocycles. The zero-order valence-corrected chi connectivity index (χ0v) is 17.1. The lowest BCUT2D eigenvalue weighted by Crippen LogP contribution is -2.35. The number of para-hydroxylation sites is 1. The van der Waals surface area contributed by atoms with Crippen molar-refractivity contribution in [2.75, 3.05) is 5.32 Å². The SMILES string of the molecule is CC1(C)CC(=O)C2=C(C1)Nc1c(c(=O)oc3ccccc13)C2c1cccc([N+](=O)[O-])c1. The number of hydrogen-bond donors (Lipinski definition) is 1. The number of fused-ring (bicyclic) bond motifs is 3. The summed E-state index contributed by atoms with van der Waals surface area (Å²) in [5.74, 6) is -0.788. The minimum atomic E-state index is -0.726. The van der Waals surface area contributed by atoms with Crippen molar-refractivity contribution in [3.63, 3.8) is 0 Å². The average molecular weight is 416 g/mol. The Hall–Kier alpha value is -3.74. The van der Waals surface area contributed by atoms with Crippen LogP contribution in [0.15, 0.2) is 69.0 Å². The predicted molar refractivity (Wildman–Crippen MR) is 116 cm³/mol. The van der Waals surface area contributed by atoms with Gasteiger partial charge in [-0.05, 0) is 29.5 Å². The molecule has 0 spiro atoms. The van der Waals surface area contributed by atoms with Gasteiger partial charge in [-0.1, -0.05) is 38.1 Å². The van der Waals surface area contributed by atoms with Crippen LogP contribution < -0.4 is 10.9 Å². The number of nitrogens with one attached hydrogen (secondary N) is 1. The molecule has 31 heavy (non-hydrogen) atoms. The molecule has 0 radical (unpaired) electrons. The quantitative estimate of drug-likeness (QED) is 0.362. The van der Waals surface area contributed by atoms with Crippen molar-refractivity contribution in [3.8, 4) is 0 Å². The third kappa shape index (κ3) is 3.04. The Morgan fingerprint density at radius 1 is 1.10 bits per heavy atom. The Bertz CT molecular complexity index is 1370. The number of ketones is 1. The molecule has 156 valence electrons. The Morgan fingerprint density at radius 3 is 2.65 bits per heavy atom. The largest absolute Gasteiger partial charge is 0.422 e. The molecule has 1 unspecified atom stereocenters. The number of hydrogen-bond acceptors (Lipinski definition) is 6. The first-order chi connectivity index (χ1) is 14.7. The zero-order valence-electron chi connectivity index (χ0n) is 17.1. The van der Waals surface area contributed by atoms with E-state index in [2.05, 4.69) is 5.32 Å². The second-order valence-electron chi connectivity index (χ2n) is 8.92. The van der Waals surface area contributed by atoms with E-state index < -0.39 is 16.5 Å².